The van der Waals surface area contributed by atoms with Gasteiger partial charge in [-0.2, -0.15) is 0 Å². The molecule has 9 nitrogen and oxygen atoms in total. The molecule has 0 saturated carbocycles. The third kappa shape index (κ3) is 6.20. The standard InChI is InChI=1S/C25H30N2O7S/c1-5-13-27(22-11-6-7-12-23(22)32-4)35(30,31)21-10-8-9-20(14-21)25(29)33-17-24(28)26-15-18(2)34-19(3)16-26/h5-12,14,18-19H,1,13,15-17H2,2-4H3/t18-,19+. The molecule has 1 heterocycles. The fourth-order valence-electron chi connectivity index (χ4n) is 3.87. The zero-order chi connectivity index (χ0) is 25.6. The largest absolute Gasteiger partial charge is 0.495 e. The quantitative estimate of drug-likeness (QED) is 0.384. The molecular formula is C25H30N2O7S. The van der Waals surface area contributed by atoms with Gasteiger partial charge in [0.25, 0.3) is 15.9 Å². The second-order valence-electron chi connectivity index (χ2n) is 8.16. The van der Waals surface area contributed by atoms with Gasteiger partial charge in [-0.1, -0.05) is 24.3 Å². The number of carbonyl (C=O) groups is 2. The Labute approximate surface area is 205 Å². The predicted octanol–water partition coefficient (Wildman–Crippen LogP) is 2.87. The fourth-order valence-corrected chi connectivity index (χ4v) is 5.37. The Balaban J connectivity index is 1.78. The third-order valence-electron chi connectivity index (χ3n) is 5.41. The third-order valence-corrected chi connectivity index (χ3v) is 7.18. The topological polar surface area (TPSA) is 102 Å². The van der Waals surface area contributed by atoms with Crippen LogP contribution in [0.25, 0.3) is 0 Å². The van der Waals surface area contributed by atoms with Crippen LogP contribution in [-0.2, 0) is 24.3 Å². The minimum atomic E-state index is -4.08. The predicted molar refractivity (Wildman–Crippen MR) is 131 cm³/mol. The van der Waals surface area contributed by atoms with Crippen LogP contribution in [0.5, 0.6) is 5.75 Å². The number of rotatable bonds is 9. The van der Waals surface area contributed by atoms with Crippen molar-refractivity contribution in [2.24, 2.45) is 0 Å². The van der Waals surface area contributed by atoms with E-state index < -0.39 is 22.6 Å². The summed E-state index contributed by atoms with van der Waals surface area (Å²) < 4.78 is 44.3. The maximum atomic E-state index is 13.5. The van der Waals surface area contributed by atoms with Crippen LogP contribution in [0.15, 0.2) is 66.1 Å². The summed E-state index contributed by atoms with van der Waals surface area (Å²) in [4.78, 5) is 26.6. The molecule has 188 valence electrons. The molecule has 0 spiro atoms. The highest BCUT2D eigenvalue weighted by Gasteiger charge is 2.29. The molecule has 0 bridgehead atoms. The average Bonchev–Trinajstić information content (AvgIpc) is 2.85. The van der Waals surface area contributed by atoms with Gasteiger partial charge in [0.1, 0.15) is 5.75 Å². The number of hydrogen-bond acceptors (Lipinski definition) is 7. The first-order valence-corrected chi connectivity index (χ1v) is 12.6. The van der Waals surface area contributed by atoms with Gasteiger partial charge in [0.15, 0.2) is 6.61 Å². The Morgan fingerprint density at radius 1 is 1.14 bits per heavy atom. The van der Waals surface area contributed by atoms with Crippen molar-refractivity contribution in [2.45, 2.75) is 31.0 Å². The number of methoxy groups -OCH3 is 1. The SMILES string of the molecule is C=CCN(c1ccccc1OC)S(=O)(=O)c1cccc(C(=O)OCC(=O)N2C[C@@H](C)O[C@@H](C)C2)c1. The maximum Gasteiger partial charge on any atom is 0.338 e. The van der Waals surface area contributed by atoms with Gasteiger partial charge >= 0.3 is 5.97 Å². The number of anilines is 1. The highest BCUT2D eigenvalue weighted by atomic mass is 32.2. The monoisotopic (exact) mass is 502 g/mol. The van der Waals surface area contributed by atoms with Crippen LogP contribution in [-0.4, -0.2) is 70.8 Å². The number of benzene rings is 2. The molecule has 0 unspecified atom stereocenters. The Hall–Kier alpha value is -3.37. The first-order valence-electron chi connectivity index (χ1n) is 11.1. The van der Waals surface area contributed by atoms with Crippen molar-refractivity contribution in [1.29, 1.82) is 0 Å². The van der Waals surface area contributed by atoms with Crippen LogP contribution in [0.1, 0.15) is 24.2 Å². The number of hydrogen-bond donors (Lipinski definition) is 0. The lowest BCUT2D eigenvalue weighted by Crippen LogP contribution is -2.49. The van der Waals surface area contributed by atoms with Gasteiger partial charge < -0.3 is 19.1 Å². The lowest BCUT2D eigenvalue weighted by molar-refractivity contribution is -0.146. The molecule has 35 heavy (non-hydrogen) atoms. The summed E-state index contributed by atoms with van der Waals surface area (Å²) in [6.07, 6.45) is 1.24. The second kappa shape index (κ2) is 11.4. The Bertz CT molecular complexity index is 1170. The zero-order valence-electron chi connectivity index (χ0n) is 20.0. The normalized spacial score (nSPS) is 18.0. The van der Waals surface area contributed by atoms with E-state index in [2.05, 4.69) is 6.58 Å². The molecule has 0 radical (unpaired) electrons. The van der Waals surface area contributed by atoms with Crippen LogP contribution < -0.4 is 9.04 Å². The molecule has 10 heteroatoms. The van der Waals surface area contributed by atoms with Crippen LogP contribution in [0.2, 0.25) is 0 Å². The molecule has 2 aromatic rings. The lowest BCUT2D eigenvalue weighted by atomic mass is 10.2. The summed E-state index contributed by atoms with van der Waals surface area (Å²) in [5.74, 6) is -0.756. The van der Waals surface area contributed by atoms with E-state index in [-0.39, 0.29) is 35.1 Å². The highest BCUT2D eigenvalue weighted by Crippen LogP contribution is 2.32. The number of nitrogens with zero attached hydrogens (tertiary/aromatic N) is 2. The fraction of sp³-hybridized carbons (Fsp3) is 0.360. The average molecular weight is 503 g/mol. The molecule has 2 atom stereocenters. The number of carbonyl (C=O) groups excluding carboxylic acids is 2. The number of ether oxygens (including phenoxy) is 3. The van der Waals surface area contributed by atoms with Crippen LogP contribution >= 0.6 is 0 Å². The van der Waals surface area contributed by atoms with Crippen molar-refractivity contribution in [1.82, 2.24) is 4.90 Å². The van der Waals surface area contributed by atoms with Gasteiger partial charge in [-0.05, 0) is 44.2 Å². The van der Waals surface area contributed by atoms with E-state index in [0.29, 0.717) is 24.5 Å². The van der Waals surface area contributed by atoms with Gasteiger partial charge in [0.2, 0.25) is 0 Å². The first kappa shape index (κ1) is 26.2. The summed E-state index contributed by atoms with van der Waals surface area (Å²) in [5, 5.41) is 0. The summed E-state index contributed by atoms with van der Waals surface area (Å²) in [7, 11) is -2.63. The highest BCUT2D eigenvalue weighted by molar-refractivity contribution is 7.92. The van der Waals surface area contributed by atoms with E-state index in [1.807, 2.05) is 13.8 Å². The second-order valence-corrected chi connectivity index (χ2v) is 10.0. The maximum absolute atomic E-state index is 13.5. The molecule has 2 aromatic carbocycles. The van der Waals surface area contributed by atoms with Crippen LogP contribution in [0, 0.1) is 0 Å². The molecule has 3 rings (SSSR count). The number of sulfonamides is 1. The van der Waals surface area contributed by atoms with E-state index in [4.69, 9.17) is 14.2 Å². The minimum Gasteiger partial charge on any atom is -0.495 e. The zero-order valence-corrected chi connectivity index (χ0v) is 20.9. The van der Waals surface area contributed by atoms with E-state index in [1.54, 1.807) is 29.2 Å². The summed E-state index contributed by atoms with van der Waals surface area (Å²) in [5.41, 5.74) is 0.351. The molecule has 1 fully saturated rings. The molecule has 0 N–H and O–H groups in total. The number of morpholine rings is 1. The molecule has 1 aliphatic rings. The number of esters is 1. The molecule has 0 aliphatic carbocycles. The molecule has 1 saturated heterocycles. The minimum absolute atomic E-state index is 0.0116. The van der Waals surface area contributed by atoms with Crippen LogP contribution in [0.4, 0.5) is 5.69 Å². The molecular weight excluding hydrogens is 472 g/mol. The van der Waals surface area contributed by atoms with Gasteiger partial charge in [-0.25, -0.2) is 13.2 Å². The van der Waals surface area contributed by atoms with Crippen molar-refractivity contribution in [3.63, 3.8) is 0 Å². The summed E-state index contributed by atoms with van der Waals surface area (Å²) >= 11 is 0. The smallest absolute Gasteiger partial charge is 0.338 e. The van der Waals surface area contributed by atoms with Crippen LogP contribution in [0.3, 0.4) is 0 Å². The van der Waals surface area contributed by atoms with Gasteiger partial charge in [-0.3, -0.25) is 9.10 Å². The number of amides is 1. The van der Waals surface area contributed by atoms with Gasteiger partial charge in [-0.15, -0.1) is 6.58 Å². The summed E-state index contributed by atoms with van der Waals surface area (Å²) in [6.45, 7) is 7.77. The molecule has 0 aromatic heterocycles. The van der Waals surface area contributed by atoms with Gasteiger partial charge in [0, 0.05) is 13.1 Å². The first-order chi connectivity index (χ1) is 16.7. The molecule has 1 aliphatic heterocycles. The Morgan fingerprint density at radius 2 is 1.83 bits per heavy atom. The lowest BCUT2D eigenvalue weighted by Gasteiger charge is -2.35. The van der Waals surface area contributed by atoms with Crippen molar-refractivity contribution >= 4 is 27.6 Å². The van der Waals surface area contributed by atoms with Gasteiger partial charge in [0.05, 0.1) is 42.0 Å². The van der Waals surface area contributed by atoms with E-state index in [9.17, 15) is 18.0 Å². The van der Waals surface area contributed by atoms with E-state index >= 15 is 0 Å². The van der Waals surface area contributed by atoms with Crippen molar-refractivity contribution in [3.8, 4) is 5.75 Å². The Morgan fingerprint density at radius 3 is 2.49 bits per heavy atom. The number of para-hydroxylation sites is 2. The van der Waals surface area contributed by atoms with E-state index in [0.717, 1.165) is 4.31 Å². The van der Waals surface area contributed by atoms with Crippen molar-refractivity contribution in [2.75, 3.05) is 37.7 Å². The Kier molecular flexibility index (Phi) is 8.52. The van der Waals surface area contributed by atoms with E-state index in [1.165, 1.54) is 37.5 Å². The van der Waals surface area contributed by atoms with Crippen molar-refractivity contribution < 1.29 is 32.2 Å². The molecule has 1 amide bonds. The van der Waals surface area contributed by atoms with Crippen molar-refractivity contribution in [3.05, 3.63) is 66.7 Å². The summed E-state index contributed by atoms with van der Waals surface area (Å²) in [6, 6.07) is 12.2.